The van der Waals surface area contributed by atoms with Crippen LogP contribution >= 0.6 is 23.2 Å². The van der Waals surface area contributed by atoms with Crippen LogP contribution in [-0.2, 0) is 6.54 Å². The van der Waals surface area contributed by atoms with Crippen LogP contribution in [0.15, 0.2) is 29.1 Å². The molecule has 18 heavy (non-hydrogen) atoms. The molecule has 1 N–H and O–H groups in total. The number of hydrogen-bond acceptors (Lipinski definition) is 4. The Labute approximate surface area is 115 Å². The molecule has 0 aliphatic heterocycles. The monoisotopic (exact) mass is 285 g/mol. The maximum atomic E-state index is 6.19. The average molecular weight is 286 g/mol. The van der Waals surface area contributed by atoms with E-state index in [1.54, 1.807) is 6.07 Å². The summed E-state index contributed by atoms with van der Waals surface area (Å²) in [5.74, 6) is 0.624. The number of hydrogen-bond donors (Lipinski definition) is 1. The first kappa shape index (κ1) is 13.3. The van der Waals surface area contributed by atoms with E-state index in [0.717, 1.165) is 12.0 Å². The van der Waals surface area contributed by atoms with Gasteiger partial charge in [0.25, 0.3) is 0 Å². The van der Waals surface area contributed by atoms with Crippen molar-refractivity contribution in [2.24, 2.45) is 0 Å². The summed E-state index contributed by atoms with van der Waals surface area (Å²) in [6, 6.07) is 5.65. The normalized spacial score (nSPS) is 12.6. The van der Waals surface area contributed by atoms with Gasteiger partial charge >= 0.3 is 0 Å². The minimum Gasteiger partial charge on any atom is -0.343 e. The lowest BCUT2D eigenvalue weighted by molar-refractivity contribution is 0.403. The smallest absolute Gasteiger partial charge is 0.213 e. The third-order valence-corrected chi connectivity index (χ3v) is 3.22. The van der Waals surface area contributed by atoms with Crippen LogP contribution in [0.25, 0.3) is 0 Å². The Balaban J connectivity index is 2.08. The van der Waals surface area contributed by atoms with Gasteiger partial charge in [-0.2, -0.15) is 4.98 Å². The number of nitrogens with one attached hydrogen (secondary N) is 1. The highest BCUT2D eigenvalue weighted by atomic mass is 35.5. The fraction of sp³-hybridized carbons (Fsp3) is 0.333. The lowest BCUT2D eigenvalue weighted by atomic mass is 10.0. The molecule has 96 valence electrons. The molecule has 1 unspecified atom stereocenters. The Hall–Kier alpha value is -1.10. The van der Waals surface area contributed by atoms with Crippen molar-refractivity contribution in [3.8, 4) is 0 Å². The summed E-state index contributed by atoms with van der Waals surface area (Å²) in [6.07, 6.45) is 2.21. The summed E-state index contributed by atoms with van der Waals surface area (Å²) < 4.78 is 4.68. The summed E-state index contributed by atoms with van der Waals surface area (Å²) in [5.41, 5.74) is 1.02. The van der Waals surface area contributed by atoms with Crippen LogP contribution < -0.4 is 5.32 Å². The van der Waals surface area contributed by atoms with Gasteiger partial charge in [-0.3, -0.25) is 0 Å². The van der Waals surface area contributed by atoms with Crippen molar-refractivity contribution < 1.29 is 4.52 Å². The van der Waals surface area contributed by atoms with E-state index in [1.807, 2.05) is 12.1 Å². The molecule has 0 aliphatic rings. The van der Waals surface area contributed by atoms with E-state index < -0.39 is 0 Å². The molecule has 1 aromatic carbocycles. The lowest BCUT2D eigenvalue weighted by Gasteiger charge is -2.17. The molecule has 0 saturated heterocycles. The van der Waals surface area contributed by atoms with Crippen molar-refractivity contribution >= 4 is 23.2 Å². The second-order valence-corrected chi connectivity index (χ2v) is 4.70. The van der Waals surface area contributed by atoms with Crippen LogP contribution in [0, 0.1) is 0 Å². The van der Waals surface area contributed by atoms with E-state index in [4.69, 9.17) is 23.2 Å². The highest BCUT2D eigenvalue weighted by Crippen LogP contribution is 2.28. The van der Waals surface area contributed by atoms with Gasteiger partial charge in [-0.05, 0) is 24.1 Å². The van der Waals surface area contributed by atoms with Crippen molar-refractivity contribution in [2.75, 3.05) is 0 Å². The van der Waals surface area contributed by atoms with Crippen molar-refractivity contribution in [3.63, 3.8) is 0 Å². The molecular formula is C12H13Cl2N3O. The molecule has 0 aliphatic carbocycles. The minimum atomic E-state index is 0.133. The largest absolute Gasteiger partial charge is 0.343 e. The quantitative estimate of drug-likeness (QED) is 0.912. The van der Waals surface area contributed by atoms with E-state index in [-0.39, 0.29) is 6.04 Å². The van der Waals surface area contributed by atoms with Gasteiger partial charge in [0.15, 0.2) is 5.82 Å². The summed E-state index contributed by atoms with van der Waals surface area (Å²) >= 11 is 12.1. The van der Waals surface area contributed by atoms with Crippen LogP contribution in [-0.4, -0.2) is 10.1 Å². The van der Waals surface area contributed by atoms with Gasteiger partial charge in [0.1, 0.15) is 0 Å². The summed E-state index contributed by atoms with van der Waals surface area (Å²) in [6.45, 7) is 2.62. The maximum Gasteiger partial charge on any atom is 0.213 e. The Kier molecular flexibility index (Phi) is 4.58. The molecule has 2 rings (SSSR count). The fourth-order valence-corrected chi connectivity index (χ4v) is 2.28. The zero-order valence-electron chi connectivity index (χ0n) is 9.86. The molecule has 1 atom stereocenters. The van der Waals surface area contributed by atoms with Crippen LogP contribution in [0.1, 0.15) is 30.8 Å². The second-order valence-electron chi connectivity index (χ2n) is 3.86. The van der Waals surface area contributed by atoms with Crippen LogP contribution in [0.4, 0.5) is 0 Å². The summed E-state index contributed by atoms with van der Waals surface area (Å²) in [4.78, 5) is 3.96. The molecule has 2 aromatic rings. The first-order chi connectivity index (χ1) is 8.70. The number of nitrogens with zero attached hydrogens (tertiary/aromatic N) is 2. The number of rotatable bonds is 5. The predicted molar refractivity (Wildman–Crippen MR) is 70.6 cm³/mol. The van der Waals surface area contributed by atoms with Gasteiger partial charge in [-0.1, -0.05) is 41.3 Å². The molecule has 4 nitrogen and oxygen atoms in total. The Morgan fingerprint density at radius 3 is 2.83 bits per heavy atom. The van der Waals surface area contributed by atoms with Crippen LogP contribution in [0.3, 0.4) is 0 Å². The molecule has 0 radical (unpaired) electrons. The van der Waals surface area contributed by atoms with Crippen LogP contribution in [0.2, 0.25) is 10.0 Å². The second kappa shape index (κ2) is 6.18. The highest BCUT2D eigenvalue weighted by molar-refractivity contribution is 6.35. The van der Waals surface area contributed by atoms with E-state index in [2.05, 4.69) is 26.9 Å². The number of halogens is 2. The Bertz CT molecular complexity index is 502. The van der Waals surface area contributed by atoms with Crippen molar-refractivity contribution in [1.29, 1.82) is 0 Å². The molecule has 6 heteroatoms. The highest BCUT2D eigenvalue weighted by Gasteiger charge is 2.13. The minimum absolute atomic E-state index is 0.133. The van der Waals surface area contributed by atoms with E-state index in [9.17, 15) is 0 Å². The average Bonchev–Trinajstić information content (AvgIpc) is 2.85. The number of aromatic nitrogens is 2. The van der Waals surface area contributed by atoms with Gasteiger partial charge in [0.2, 0.25) is 6.39 Å². The SMILES string of the molecule is CCC(NCc1ncon1)c1ccc(Cl)cc1Cl. The first-order valence-corrected chi connectivity index (χ1v) is 6.40. The zero-order chi connectivity index (χ0) is 13.0. The van der Waals surface area contributed by atoms with Gasteiger partial charge < -0.3 is 9.84 Å². The van der Waals surface area contributed by atoms with Crippen molar-refractivity contribution in [3.05, 3.63) is 46.0 Å². The Morgan fingerprint density at radius 2 is 2.22 bits per heavy atom. The van der Waals surface area contributed by atoms with Gasteiger partial charge in [0, 0.05) is 16.1 Å². The third-order valence-electron chi connectivity index (χ3n) is 2.66. The molecule has 0 spiro atoms. The lowest BCUT2D eigenvalue weighted by Crippen LogP contribution is -2.21. The van der Waals surface area contributed by atoms with Crippen molar-refractivity contribution in [1.82, 2.24) is 15.5 Å². The van der Waals surface area contributed by atoms with E-state index in [1.165, 1.54) is 6.39 Å². The number of benzene rings is 1. The van der Waals surface area contributed by atoms with Crippen molar-refractivity contribution in [2.45, 2.75) is 25.9 Å². The first-order valence-electron chi connectivity index (χ1n) is 5.64. The standard InChI is InChI=1S/C12H13Cl2N3O/c1-2-11(15-6-12-16-7-18-17-12)9-4-3-8(13)5-10(9)14/h3-5,7,11,15H,2,6H2,1H3. The van der Waals surface area contributed by atoms with E-state index >= 15 is 0 Å². The molecular weight excluding hydrogens is 273 g/mol. The topological polar surface area (TPSA) is 51.0 Å². The summed E-state index contributed by atoms with van der Waals surface area (Å²) in [5, 5.41) is 8.38. The molecule has 0 bridgehead atoms. The summed E-state index contributed by atoms with van der Waals surface area (Å²) in [7, 11) is 0. The predicted octanol–water partition coefficient (Wildman–Crippen LogP) is 3.62. The fourth-order valence-electron chi connectivity index (χ4n) is 1.74. The van der Waals surface area contributed by atoms with Gasteiger partial charge in [-0.15, -0.1) is 0 Å². The zero-order valence-corrected chi connectivity index (χ0v) is 11.4. The molecule has 1 aromatic heterocycles. The molecule has 0 fully saturated rings. The third kappa shape index (κ3) is 3.22. The van der Waals surface area contributed by atoms with Gasteiger partial charge in [-0.25, -0.2) is 0 Å². The maximum absolute atomic E-state index is 6.19. The molecule has 0 saturated carbocycles. The van der Waals surface area contributed by atoms with Crippen LogP contribution in [0.5, 0.6) is 0 Å². The molecule has 0 amide bonds. The molecule has 1 heterocycles. The Morgan fingerprint density at radius 1 is 1.39 bits per heavy atom. The van der Waals surface area contributed by atoms with E-state index in [0.29, 0.717) is 22.4 Å². The van der Waals surface area contributed by atoms with Gasteiger partial charge in [0.05, 0.1) is 6.54 Å².